The largest absolute Gasteiger partial charge is 0.354 e. The topological polar surface area (TPSA) is 0 Å². The molecule has 0 aromatic rings. The van der Waals surface area contributed by atoms with Gasteiger partial charge in [-0.3, -0.25) is 0 Å². The second-order valence-electron chi connectivity index (χ2n) is 5.40. The molecular formula is C12H9F9. The van der Waals surface area contributed by atoms with Crippen molar-refractivity contribution < 1.29 is 39.5 Å². The molecule has 0 heterocycles. The minimum atomic E-state index is -6.16. The highest BCUT2D eigenvalue weighted by molar-refractivity contribution is 5.56. The van der Waals surface area contributed by atoms with Gasteiger partial charge in [-0.25, -0.2) is 13.2 Å². The standard InChI is InChI=1S/C12H9F9/c1-5-4-6(2)9(15)8(5,14)10(16,17)7(3,13)11(18,19)12(9,20)21/h4H,2H2,1,3H3. The van der Waals surface area contributed by atoms with E-state index < -0.39 is 52.8 Å². The van der Waals surface area contributed by atoms with Crippen molar-refractivity contribution in [1.82, 2.24) is 0 Å². The van der Waals surface area contributed by atoms with E-state index in [4.69, 9.17) is 0 Å². The van der Waals surface area contributed by atoms with Gasteiger partial charge in [0.25, 0.3) is 0 Å². The number of fused-ring (bicyclic) bond motifs is 1. The van der Waals surface area contributed by atoms with Gasteiger partial charge in [-0.1, -0.05) is 12.7 Å². The molecule has 0 radical (unpaired) electrons. The molecule has 0 saturated heterocycles. The Morgan fingerprint density at radius 1 is 0.762 bits per heavy atom. The number of rotatable bonds is 0. The van der Waals surface area contributed by atoms with Gasteiger partial charge >= 0.3 is 17.8 Å². The van der Waals surface area contributed by atoms with E-state index in [1.165, 1.54) is 0 Å². The van der Waals surface area contributed by atoms with Gasteiger partial charge in [-0.15, -0.1) is 0 Å². The van der Waals surface area contributed by atoms with E-state index >= 15 is 0 Å². The molecular weight excluding hydrogens is 315 g/mol. The van der Waals surface area contributed by atoms with Crippen molar-refractivity contribution >= 4 is 0 Å². The van der Waals surface area contributed by atoms with Crippen molar-refractivity contribution in [2.24, 2.45) is 0 Å². The summed E-state index contributed by atoms with van der Waals surface area (Å²) in [5.41, 5.74) is -18.4. The third kappa shape index (κ3) is 1.13. The molecule has 2 aliphatic rings. The van der Waals surface area contributed by atoms with Crippen molar-refractivity contribution in [2.45, 2.75) is 48.6 Å². The second-order valence-corrected chi connectivity index (χ2v) is 5.40. The monoisotopic (exact) mass is 324 g/mol. The summed E-state index contributed by atoms with van der Waals surface area (Å²) >= 11 is 0. The maximum atomic E-state index is 14.6. The zero-order valence-corrected chi connectivity index (χ0v) is 10.7. The van der Waals surface area contributed by atoms with E-state index in [9.17, 15) is 39.5 Å². The van der Waals surface area contributed by atoms with Crippen LogP contribution in [0.1, 0.15) is 13.8 Å². The molecule has 0 aromatic heterocycles. The number of alkyl halides is 9. The molecule has 0 spiro atoms. The van der Waals surface area contributed by atoms with Gasteiger partial charge in [0, 0.05) is 0 Å². The summed E-state index contributed by atoms with van der Waals surface area (Å²) in [5, 5.41) is 0. The van der Waals surface area contributed by atoms with E-state index in [1.807, 2.05) is 0 Å². The fourth-order valence-electron chi connectivity index (χ4n) is 2.87. The van der Waals surface area contributed by atoms with Crippen LogP contribution in [0.15, 0.2) is 23.8 Å². The van der Waals surface area contributed by atoms with E-state index in [1.54, 1.807) is 0 Å². The molecule has 3 unspecified atom stereocenters. The van der Waals surface area contributed by atoms with Gasteiger partial charge in [0.15, 0.2) is 0 Å². The summed E-state index contributed by atoms with van der Waals surface area (Å²) < 4.78 is 125. The molecule has 3 atom stereocenters. The van der Waals surface area contributed by atoms with Crippen LogP contribution in [0.3, 0.4) is 0 Å². The SMILES string of the molecule is C=C1C=C(C)C2(F)C(F)(F)C(C)(F)C(F)(F)C(F)(F)C12F. The third-order valence-corrected chi connectivity index (χ3v) is 4.29. The molecule has 0 bridgehead atoms. The first-order valence-corrected chi connectivity index (χ1v) is 5.63. The molecule has 0 amide bonds. The minimum Gasteiger partial charge on any atom is -0.230 e. The Kier molecular flexibility index (Phi) is 2.65. The molecule has 1 saturated carbocycles. The lowest BCUT2D eigenvalue weighted by Crippen LogP contribution is -2.84. The van der Waals surface area contributed by atoms with Crippen LogP contribution in [0.25, 0.3) is 0 Å². The van der Waals surface area contributed by atoms with E-state index in [-0.39, 0.29) is 6.08 Å². The first kappa shape index (κ1) is 16.2. The van der Waals surface area contributed by atoms with Gasteiger partial charge in [0.05, 0.1) is 0 Å². The normalized spacial score (nSPS) is 47.0. The van der Waals surface area contributed by atoms with E-state index in [0.717, 1.165) is 0 Å². The zero-order chi connectivity index (χ0) is 16.9. The maximum Gasteiger partial charge on any atom is 0.354 e. The number of hydrogen-bond donors (Lipinski definition) is 0. The zero-order valence-electron chi connectivity index (χ0n) is 10.7. The number of allylic oxidation sites excluding steroid dienone is 3. The van der Waals surface area contributed by atoms with Crippen molar-refractivity contribution in [3.8, 4) is 0 Å². The minimum absolute atomic E-state index is 0.166. The van der Waals surface area contributed by atoms with Crippen LogP contribution in [0, 0.1) is 0 Å². The molecule has 0 N–H and O–H groups in total. The number of halogens is 9. The van der Waals surface area contributed by atoms with Crippen LogP contribution >= 0.6 is 0 Å². The summed E-state index contributed by atoms with van der Waals surface area (Å²) in [6.07, 6.45) is 0.166. The average Bonchev–Trinajstić information content (AvgIpc) is 2.50. The summed E-state index contributed by atoms with van der Waals surface area (Å²) in [6.45, 7) is 2.53. The first-order chi connectivity index (χ1) is 9.05. The summed E-state index contributed by atoms with van der Waals surface area (Å²) in [6, 6.07) is 0. The molecule has 0 nitrogen and oxygen atoms in total. The average molecular weight is 324 g/mol. The lowest BCUT2D eigenvalue weighted by molar-refractivity contribution is -0.416. The lowest BCUT2D eigenvalue weighted by Gasteiger charge is -2.56. The fourth-order valence-corrected chi connectivity index (χ4v) is 2.87. The second kappa shape index (κ2) is 3.43. The highest BCUT2D eigenvalue weighted by Crippen LogP contribution is 2.73. The number of hydrogen-bond acceptors (Lipinski definition) is 0. The predicted molar refractivity (Wildman–Crippen MR) is 54.9 cm³/mol. The van der Waals surface area contributed by atoms with Crippen LogP contribution in [0.4, 0.5) is 39.5 Å². The Morgan fingerprint density at radius 3 is 1.62 bits per heavy atom. The highest BCUT2D eigenvalue weighted by Gasteiger charge is 2.98. The van der Waals surface area contributed by atoms with E-state index in [0.29, 0.717) is 6.92 Å². The smallest absolute Gasteiger partial charge is 0.230 e. The van der Waals surface area contributed by atoms with Gasteiger partial charge in [0.1, 0.15) is 0 Å². The molecule has 0 aromatic carbocycles. The molecule has 120 valence electrons. The van der Waals surface area contributed by atoms with Crippen LogP contribution in [-0.2, 0) is 0 Å². The van der Waals surface area contributed by atoms with E-state index in [2.05, 4.69) is 6.58 Å². The first-order valence-electron chi connectivity index (χ1n) is 5.63. The molecule has 0 aliphatic heterocycles. The van der Waals surface area contributed by atoms with Crippen LogP contribution in [-0.4, -0.2) is 34.8 Å². The molecule has 2 aliphatic carbocycles. The lowest BCUT2D eigenvalue weighted by atomic mass is 9.61. The maximum absolute atomic E-state index is 14.6. The van der Waals surface area contributed by atoms with Crippen LogP contribution in [0.2, 0.25) is 0 Å². The fraction of sp³-hybridized carbons (Fsp3) is 0.667. The summed E-state index contributed by atoms with van der Waals surface area (Å²) in [5.74, 6) is -18.0. The quantitative estimate of drug-likeness (QED) is 0.573. The van der Waals surface area contributed by atoms with Gasteiger partial charge in [-0.05, 0) is 25.0 Å². The van der Waals surface area contributed by atoms with Gasteiger partial charge in [-0.2, -0.15) is 26.3 Å². The third-order valence-electron chi connectivity index (χ3n) is 4.29. The van der Waals surface area contributed by atoms with Gasteiger partial charge in [0.2, 0.25) is 17.0 Å². The molecule has 9 heteroatoms. The Bertz CT molecular complexity index is 559. The van der Waals surface area contributed by atoms with Crippen molar-refractivity contribution in [3.63, 3.8) is 0 Å². The Morgan fingerprint density at radius 2 is 1.19 bits per heavy atom. The van der Waals surface area contributed by atoms with Gasteiger partial charge < -0.3 is 0 Å². The molecule has 21 heavy (non-hydrogen) atoms. The Hall–Kier alpha value is -1.15. The molecule has 1 fully saturated rings. The Labute approximate surface area is 113 Å². The molecule has 2 rings (SSSR count). The summed E-state index contributed by atoms with van der Waals surface area (Å²) in [4.78, 5) is 0. The van der Waals surface area contributed by atoms with Crippen LogP contribution < -0.4 is 0 Å². The van der Waals surface area contributed by atoms with Crippen molar-refractivity contribution in [2.75, 3.05) is 0 Å². The van der Waals surface area contributed by atoms with Crippen molar-refractivity contribution in [1.29, 1.82) is 0 Å². The predicted octanol–water partition coefficient (Wildman–Crippen LogP) is 4.57. The highest BCUT2D eigenvalue weighted by atomic mass is 19.3. The van der Waals surface area contributed by atoms with Crippen LogP contribution in [0.5, 0.6) is 0 Å². The Balaban J connectivity index is 2.96. The summed E-state index contributed by atoms with van der Waals surface area (Å²) in [7, 11) is 0. The van der Waals surface area contributed by atoms with Crippen molar-refractivity contribution in [3.05, 3.63) is 23.8 Å².